The van der Waals surface area contributed by atoms with Crippen LogP contribution in [0.5, 0.6) is 5.75 Å². The molecule has 0 unspecified atom stereocenters. The molecule has 112 valence electrons. The Kier molecular flexibility index (Phi) is 3.10. The fraction of sp³-hybridized carbons (Fsp3) is 0. The average molecular weight is 319 g/mol. The molecule has 3 N–H and O–H groups in total. The van der Waals surface area contributed by atoms with Gasteiger partial charge in [-0.3, -0.25) is 14.1 Å². The van der Waals surface area contributed by atoms with Gasteiger partial charge in [0, 0.05) is 16.7 Å². The van der Waals surface area contributed by atoms with E-state index in [4.69, 9.17) is 5.90 Å². The molecule has 0 saturated heterocycles. The number of benzene rings is 2. The van der Waals surface area contributed by atoms with E-state index in [9.17, 15) is 22.6 Å². The van der Waals surface area contributed by atoms with Gasteiger partial charge in [-0.25, -0.2) is 0 Å². The molecule has 0 atom stereocenters. The summed E-state index contributed by atoms with van der Waals surface area (Å²) in [5, 5.41) is 0. The minimum atomic E-state index is -4.82. The van der Waals surface area contributed by atoms with Gasteiger partial charge in [-0.1, -0.05) is 24.3 Å². The van der Waals surface area contributed by atoms with Crippen molar-refractivity contribution in [2.24, 2.45) is 5.90 Å². The lowest BCUT2D eigenvalue weighted by atomic mass is 9.84. The molecular formula is C14H9NO6S. The molecule has 1 aliphatic carbocycles. The summed E-state index contributed by atoms with van der Waals surface area (Å²) in [6.45, 7) is 0. The normalized spacial score (nSPS) is 13.5. The van der Waals surface area contributed by atoms with E-state index in [0.717, 1.165) is 6.07 Å². The van der Waals surface area contributed by atoms with E-state index in [1.54, 1.807) is 12.1 Å². The molecule has 0 aliphatic heterocycles. The first-order valence-corrected chi connectivity index (χ1v) is 7.50. The lowest BCUT2D eigenvalue weighted by Gasteiger charge is -2.20. The number of hydrogen-bond acceptors (Lipinski definition) is 6. The van der Waals surface area contributed by atoms with Crippen LogP contribution in [0.3, 0.4) is 0 Å². The highest BCUT2D eigenvalue weighted by atomic mass is 32.2. The second-order valence-electron chi connectivity index (χ2n) is 4.61. The molecule has 0 heterocycles. The molecule has 0 bridgehead atoms. The predicted molar refractivity (Wildman–Crippen MR) is 74.4 cm³/mol. The quantitative estimate of drug-likeness (QED) is 0.532. The van der Waals surface area contributed by atoms with Crippen LogP contribution >= 0.6 is 0 Å². The van der Waals surface area contributed by atoms with Gasteiger partial charge >= 0.3 is 0 Å². The molecule has 3 rings (SSSR count). The summed E-state index contributed by atoms with van der Waals surface area (Å²) < 4.78 is 32.6. The molecular weight excluding hydrogens is 310 g/mol. The van der Waals surface area contributed by atoms with Gasteiger partial charge in [0.1, 0.15) is 0 Å². The van der Waals surface area contributed by atoms with Crippen LogP contribution in [0.1, 0.15) is 31.8 Å². The van der Waals surface area contributed by atoms with Gasteiger partial charge in [0.25, 0.3) is 10.1 Å². The third kappa shape index (κ3) is 1.93. The van der Waals surface area contributed by atoms with E-state index in [0.29, 0.717) is 0 Å². The van der Waals surface area contributed by atoms with E-state index < -0.39 is 37.9 Å². The lowest BCUT2D eigenvalue weighted by Crippen LogP contribution is -2.24. The first kappa shape index (κ1) is 14.4. The van der Waals surface area contributed by atoms with Crippen molar-refractivity contribution in [1.82, 2.24) is 0 Å². The zero-order chi connectivity index (χ0) is 16.1. The van der Waals surface area contributed by atoms with Crippen molar-refractivity contribution in [3.8, 4) is 5.75 Å². The molecule has 8 heteroatoms. The Balaban J connectivity index is 2.44. The van der Waals surface area contributed by atoms with Gasteiger partial charge < -0.3 is 4.84 Å². The van der Waals surface area contributed by atoms with Crippen molar-refractivity contribution in [2.75, 3.05) is 0 Å². The summed E-state index contributed by atoms with van der Waals surface area (Å²) in [6.07, 6.45) is 0. The Hall–Kier alpha value is -2.55. The highest BCUT2D eigenvalue weighted by molar-refractivity contribution is 7.86. The zero-order valence-corrected chi connectivity index (χ0v) is 11.8. The van der Waals surface area contributed by atoms with Gasteiger partial charge in [-0.2, -0.15) is 14.3 Å². The maximum Gasteiger partial charge on any atom is 0.299 e. The van der Waals surface area contributed by atoms with Crippen molar-refractivity contribution in [1.29, 1.82) is 0 Å². The van der Waals surface area contributed by atoms with Crippen LogP contribution in [-0.4, -0.2) is 24.5 Å². The van der Waals surface area contributed by atoms with Gasteiger partial charge in [0.15, 0.2) is 22.2 Å². The molecule has 7 nitrogen and oxygen atoms in total. The van der Waals surface area contributed by atoms with Gasteiger partial charge in [0.2, 0.25) is 0 Å². The Morgan fingerprint density at radius 3 is 2.05 bits per heavy atom. The van der Waals surface area contributed by atoms with Crippen molar-refractivity contribution in [3.63, 3.8) is 0 Å². The smallest absolute Gasteiger partial charge is 0.299 e. The molecule has 0 saturated carbocycles. The van der Waals surface area contributed by atoms with Gasteiger partial charge in [0.05, 0.1) is 5.56 Å². The second kappa shape index (κ2) is 4.73. The van der Waals surface area contributed by atoms with Crippen LogP contribution in [0.4, 0.5) is 0 Å². The van der Waals surface area contributed by atoms with Crippen LogP contribution in [0.25, 0.3) is 0 Å². The molecule has 1 aliphatic rings. The minimum absolute atomic E-state index is 0.0547. The monoisotopic (exact) mass is 319 g/mol. The second-order valence-corrected chi connectivity index (χ2v) is 5.97. The molecule has 2 aromatic carbocycles. The Morgan fingerprint density at radius 2 is 1.50 bits per heavy atom. The van der Waals surface area contributed by atoms with E-state index in [1.165, 1.54) is 18.2 Å². The van der Waals surface area contributed by atoms with Gasteiger partial charge in [-0.05, 0) is 12.1 Å². The Bertz CT molecular complexity index is 932. The van der Waals surface area contributed by atoms with Crippen LogP contribution in [0, 0.1) is 0 Å². The third-order valence-electron chi connectivity index (χ3n) is 3.39. The molecule has 0 fully saturated rings. The van der Waals surface area contributed by atoms with E-state index in [1.807, 2.05) is 0 Å². The number of ketones is 2. The molecule has 2 aromatic rings. The number of carbonyl (C=O) groups is 2. The molecule has 0 spiro atoms. The van der Waals surface area contributed by atoms with Crippen LogP contribution in [0.15, 0.2) is 41.3 Å². The number of nitrogens with two attached hydrogens (primary N) is 1. The van der Waals surface area contributed by atoms with Crippen molar-refractivity contribution < 1.29 is 27.4 Å². The fourth-order valence-corrected chi connectivity index (χ4v) is 3.32. The first-order chi connectivity index (χ1) is 10.4. The molecule has 0 aromatic heterocycles. The summed E-state index contributed by atoms with van der Waals surface area (Å²) in [5.74, 6) is 3.36. The van der Waals surface area contributed by atoms with E-state index >= 15 is 0 Å². The van der Waals surface area contributed by atoms with E-state index in [-0.39, 0.29) is 16.7 Å². The van der Waals surface area contributed by atoms with Gasteiger partial charge in [-0.15, -0.1) is 0 Å². The number of carbonyl (C=O) groups excluding carboxylic acids is 2. The van der Waals surface area contributed by atoms with Crippen LogP contribution < -0.4 is 10.7 Å². The minimum Gasteiger partial charge on any atom is -0.410 e. The Morgan fingerprint density at radius 1 is 0.909 bits per heavy atom. The summed E-state index contributed by atoms with van der Waals surface area (Å²) >= 11 is 0. The number of rotatable bonds is 2. The average Bonchev–Trinajstić information content (AvgIpc) is 2.50. The summed E-state index contributed by atoms with van der Waals surface area (Å²) in [6, 6.07) is 8.37. The maximum atomic E-state index is 12.6. The molecule has 22 heavy (non-hydrogen) atoms. The topological polar surface area (TPSA) is 124 Å². The summed E-state index contributed by atoms with van der Waals surface area (Å²) in [5.41, 5.74) is -0.340. The van der Waals surface area contributed by atoms with Crippen LogP contribution in [0.2, 0.25) is 0 Å². The SMILES string of the molecule is NOc1ccc2c(c1S(=O)(=O)O)C(=O)c1ccccc1C2=O. The molecule has 0 amide bonds. The Labute approximate surface area is 125 Å². The largest absolute Gasteiger partial charge is 0.410 e. The standard InChI is InChI=1S/C14H9NO6S/c15-21-10-6-5-9-11(14(10)22(18,19)20)13(17)8-4-2-1-3-7(8)12(9)16/h1-6H,15H2,(H,18,19,20). The highest BCUT2D eigenvalue weighted by Gasteiger charge is 2.36. The summed E-state index contributed by atoms with van der Waals surface area (Å²) in [7, 11) is -4.82. The highest BCUT2D eigenvalue weighted by Crippen LogP contribution is 2.36. The fourth-order valence-electron chi connectivity index (χ4n) is 2.49. The third-order valence-corrected chi connectivity index (χ3v) is 4.32. The molecule has 0 radical (unpaired) electrons. The lowest BCUT2D eigenvalue weighted by molar-refractivity contribution is 0.0976. The zero-order valence-electron chi connectivity index (χ0n) is 10.9. The number of fused-ring (bicyclic) bond motifs is 2. The van der Waals surface area contributed by atoms with Crippen LogP contribution in [-0.2, 0) is 10.1 Å². The van der Waals surface area contributed by atoms with Crippen molar-refractivity contribution >= 4 is 21.7 Å². The first-order valence-electron chi connectivity index (χ1n) is 6.06. The van der Waals surface area contributed by atoms with Crippen molar-refractivity contribution in [2.45, 2.75) is 4.90 Å². The number of hydrogen-bond donors (Lipinski definition) is 2. The predicted octanol–water partition coefficient (Wildman–Crippen LogP) is 0.961. The van der Waals surface area contributed by atoms with Crippen molar-refractivity contribution in [3.05, 3.63) is 58.7 Å². The van der Waals surface area contributed by atoms with E-state index in [2.05, 4.69) is 4.84 Å². The summed E-state index contributed by atoms with van der Waals surface area (Å²) in [4.78, 5) is 28.6. The maximum absolute atomic E-state index is 12.6.